The zero-order valence-corrected chi connectivity index (χ0v) is 13.0. The van der Waals surface area contributed by atoms with Crippen molar-refractivity contribution in [3.8, 4) is 11.5 Å². The van der Waals surface area contributed by atoms with Crippen LogP contribution in [0.25, 0.3) is 0 Å². The van der Waals surface area contributed by atoms with Crippen LogP contribution >= 0.6 is 15.9 Å². The average molecular weight is 326 g/mol. The van der Waals surface area contributed by atoms with Crippen LogP contribution in [0.1, 0.15) is 49.7 Å². The van der Waals surface area contributed by atoms with Crippen molar-refractivity contribution in [1.82, 2.24) is 5.32 Å². The second-order valence-corrected chi connectivity index (χ2v) is 6.40. The van der Waals surface area contributed by atoms with Gasteiger partial charge in [-0.2, -0.15) is 0 Å². The van der Waals surface area contributed by atoms with Crippen LogP contribution in [0.5, 0.6) is 11.5 Å². The lowest BCUT2D eigenvalue weighted by atomic mass is 9.83. The smallest absolute Gasteiger partial charge is 0.231 e. The molecule has 3 rings (SSSR count). The maximum atomic E-state index is 5.58. The Morgan fingerprint density at radius 1 is 1.26 bits per heavy atom. The monoisotopic (exact) mass is 325 g/mol. The number of ether oxygens (including phenoxy) is 2. The Labute approximate surface area is 122 Å². The number of hydrogen-bond donors (Lipinski definition) is 1. The molecule has 2 aliphatic heterocycles. The largest absolute Gasteiger partial charge is 0.454 e. The fourth-order valence-electron chi connectivity index (χ4n) is 3.09. The maximum absolute atomic E-state index is 5.58. The Hall–Kier alpha value is -0.740. The second kappa shape index (κ2) is 5.33. The van der Waals surface area contributed by atoms with E-state index >= 15 is 0 Å². The molecule has 0 amide bonds. The minimum Gasteiger partial charge on any atom is -0.454 e. The van der Waals surface area contributed by atoms with Crippen molar-refractivity contribution < 1.29 is 9.47 Å². The average Bonchev–Trinajstić information content (AvgIpc) is 2.87. The van der Waals surface area contributed by atoms with Gasteiger partial charge in [-0.25, -0.2) is 0 Å². The predicted molar refractivity (Wildman–Crippen MR) is 79.2 cm³/mol. The van der Waals surface area contributed by atoms with E-state index in [4.69, 9.17) is 9.47 Å². The van der Waals surface area contributed by atoms with Gasteiger partial charge in [-0.1, -0.05) is 13.8 Å². The SMILES string of the molecule is CC(C)c1c(C2CCNCC2)cc2c(c1Br)OCO2. The Kier molecular flexibility index (Phi) is 3.72. The highest BCUT2D eigenvalue weighted by molar-refractivity contribution is 9.10. The third-order valence-corrected chi connectivity index (χ3v) is 4.82. The van der Waals surface area contributed by atoms with Crippen LogP contribution < -0.4 is 14.8 Å². The van der Waals surface area contributed by atoms with Crippen molar-refractivity contribution in [2.24, 2.45) is 0 Å². The van der Waals surface area contributed by atoms with Crippen molar-refractivity contribution in [2.75, 3.05) is 19.9 Å². The van der Waals surface area contributed by atoms with Gasteiger partial charge in [0.1, 0.15) is 0 Å². The lowest BCUT2D eigenvalue weighted by Crippen LogP contribution is -2.27. The highest BCUT2D eigenvalue weighted by Gasteiger charge is 2.28. The first-order valence-electron chi connectivity index (χ1n) is 7.01. The number of rotatable bonds is 2. The van der Waals surface area contributed by atoms with Gasteiger partial charge < -0.3 is 14.8 Å². The maximum Gasteiger partial charge on any atom is 0.231 e. The molecule has 0 bridgehead atoms. The molecular weight excluding hydrogens is 306 g/mol. The number of piperidine rings is 1. The van der Waals surface area contributed by atoms with Gasteiger partial charge in [0.15, 0.2) is 11.5 Å². The van der Waals surface area contributed by atoms with Crippen molar-refractivity contribution in [2.45, 2.75) is 38.5 Å². The zero-order chi connectivity index (χ0) is 13.4. The summed E-state index contributed by atoms with van der Waals surface area (Å²) in [4.78, 5) is 0. The van der Waals surface area contributed by atoms with Gasteiger partial charge in [0.25, 0.3) is 0 Å². The zero-order valence-electron chi connectivity index (χ0n) is 11.5. The first-order valence-corrected chi connectivity index (χ1v) is 7.80. The van der Waals surface area contributed by atoms with E-state index in [0.717, 1.165) is 29.1 Å². The van der Waals surface area contributed by atoms with Crippen LogP contribution in [0, 0.1) is 0 Å². The van der Waals surface area contributed by atoms with Crippen molar-refractivity contribution in [3.63, 3.8) is 0 Å². The van der Waals surface area contributed by atoms with Crippen LogP contribution in [-0.2, 0) is 0 Å². The highest BCUT2D eigenvalue weighted by atomic mass is 79.9. The van der Waals surface area contributed by atoms with E-state index < -0.39 is 0 Å². The summed E-state index contributed by atoms with van der Waals surface area (Å²) in [5.41, 5.74) is 2.82. The molecule has 2 aliphatic rings. The van der Waals surface area contributed by atoms with E-state index in [1.54, 1.807) is 0 Å². The fraction of sp³-hybridized carbons (Fsp3) is 0.600. The molecule has 0 aromatic heterocycles. The quantitative estimate of drug-likeness (QED) is 0.897. The molecule has 2 heterocycles. The Bertz CT molecular complexity index is 482. The first kappa shape index (κ1) is 13.3. The van der Waals surface area contributed by atoms with Gasteiger partial charge in [0, 0.05) is 0 Å². The third kappa shape index (κ3) is 2.36. The Morgan fingerprint density at radius 3 is 2.68 bits per heavy atom. The molecule has 104 valence electrons. The van der Waals surface area contributed by atoms with Crippen LogP contribution in [0.2, 0.25) is 0 Å². The molecule has 1 aromatic rings. The molecule has 0 unspecified atom stereocenters. The molecule has 0 saturated carbocycles. The summed E-state index contributed by atoms with van der Waals surface area (Å²) in [5.74, 6) is 2.88. The van der Waals surface area contributed by atoms with Crippen LogP contribution in [0.4, 0.5) is 0 Å². The fourth-order valence-corrected chi connectivity index (χ4v) is 4.09. The molecule has 1 saturated heterocycles. The molecule has 1 N–H and O–H groups in total. The molecule has 1 aromatic carbocycles. The minimum atomic E-state index is 0.334. The standard InChI is InChI=1S/C15H20BrNO2/c1-9(2)13-11(10-3-5-17-6-4-10)7-12-15(14(13)16)19-8-18-12/h7,9-10,17H,3-6,8H2,1-2H3. The molecule has 0 atom stereocenters. The highest BCUT2D eigenvalue weighted by Crippen LogP contribution is 2.48. The molecule has 1 fully saturated rings. The van der Waals surface area contributed by atoms with Crippen molar-refractivity contribution in [3.05, 3.63) is 21.7 Å². The van der Waals surface area contributed by atoms with E-state index in [1.165, 1.54) is 24.0 Å². The lowest BCUT2D eigenvalue weighted by molar-refractivity contribution is 0.173. The summed E-state index contributed by atoms with van der Waals surface area (Å²) in [6, 6.07) is 2.21. The van der Waals surface area contributed by atoms with E-state index in [2.05, 4.69) is 41.2 Å². The van der Waals surface area contributed by atoms with Gasteiger partial charge in [-0.05, 0) is 70.9 Å². The summed E-state index contributed by atoms with van der Waals surface area (Å²) in [6.07, 6.45) is 2.40. The van der Waals surface area contributed by atoms with Gasteiger partial charge in [-0.15, -0.1) is 0 Å². The topological polar surface area (TPSA) is 30.5 Å². The van der Waals surface area contributed by atoms with Crippen LogP contribution in [-0.4, -0.2) is 19.9 Å². The lowest BCUT2D eigenvalue weighted by Gasteiger charge is -2.27. The Balaban J connectivity index is 2.08. The summed E-state index contributed by atoms with van der Waals surface area (Å²) >= 11 is 3.73. The number of hydrogen-bond acceptors (Lipinski definition) is 3. The van der Waals surface area contributed by atoms with E-state index in [0.29, 0.717) is 18.6 Å². The van der Waals surface area contributed by atoms with Crippen LogP contribution in [0.3, 0.4) is 0 Å². The molecule has 3 nitrogen and oxygen atoms in total. The normalized spacial score (nSPS) is 19.2. The number of halogens is 1. The van der Waals surface area contributed by atoms with Gasteiger partial charge in [0.05, 0.1) is 4.47 Å². The van der Waals surface area contributed by atoms with Crippen LogP contribution in [0.15, 0.2) is 10.5 Å². The van der Waals surface area contributed by atoms with E-state index in [1.807, 2.05) is 0 Å². The molecule has 0 spiro atoms. The summed E-state index contributed by atoms with van der Waals surface area (Å²) in [7, 11) is 0. The van der Waals surface area contributed by atoms with Crippen molar-refractivity contribution in [1.29, 1.82) is 0 Å². The predicted octanol–water partition coefficient (Wildman–Crippen LogP) is 3.77. The molecule has 19 heavy (non-hydrogen) atoms. The summed E-state index contributed by atoms with van der Waals surface area (Å²) in [5, 5.41) is 3.43. The number of benzene rings is 1. The van der Waals surface area contributed by atoms with E-state index in [-0.39, 0.29) is 0 Å². The summed E-state index contributed by atoms with van der Waals surface area (Å²) in [6.45, 7) is 7.03. The van der Waals surface area contributed by atoms with Gasteiger partial charge in [-0.3, -0.25) is 0 Å². The Morgan fingerprint density at radius 2 is 2.00 bits per heavy atom. The third-order valence-electron chi connectivity index (χ3n) is 4.03. The molecular formula is C15H20BrNO2. The minimum absolute atomic E-state index is 0.334. The number of fused-ring (bicyclic) bond motifs is 1. The van der Waals surface area contributed by atoms with Gasteiger partial charge in [0.2, 0.25) is 6.79 Å². The first-order chi connectivity index (χ1) is 9.18. The van der Waals surface area contributed by atoms with E-state index in [9.17, 15) is 0 Å². The van der Waals surface area contributed by atoms with Gasteiger partial charge >= 0.3 is 0 Å². The number of nitrogens with one attached hydrogen (secondary N) is 1. The molecule has 4 heteroatoms. The molecule has 0 radical (unpaired) electrons. The molecule has 0 aliphatic carbocycles. The summed E-state index contributed by atoms with van der Waals surface area (Å²) < 4.78 is 12.2. The second-order valence-electron chi connectivity index (χ2n) is 5.61. The van der Waals surface area contributed by atoms with Crippen molar-refractivity contribution >= 4 is 15.9 Å².